The number of nitrogens with zero attached hydrogens (tertiary/aromatic N) is 4. The number of hydrogen-bond donors (Lipinski definition) is 1. The van der Waals surface area contributed by atoms with Gasteiger partial charge in [0, 0.05) is 34.5 Å². The SMILES string of the molecule is COc1ccc(-c2[nH]ncc2-c2ccc3ncc(-c4nccs4)n3c2)cc1.Cl.Cl.Cl. The fraction of sp³-hybridized carbons (Fsp3) is 0.0500. The van der Waals surface area contributed by atoms with Gasteiger partial charge in [0.15, 0.2) is 0 Å². The predicted octanol–water partition coefficient (Wildman–Crippen LogP) is 5.79. The highest BCUT2D eigenvalue weighted by Crippen LogP contribution is 2.32. The van der Waals surface area contributed by atoms with Crippen molar-refractivity contribution in [1.29, 1.82) is 0 Å². The second-order valence-electron chi connectivity index (χ2n) is 6.01. The van der Waals surface area contributed by atoms with Crippen LogP contribution in [0.5, 0.6) is 5.75 Å². The highest BCUT2D eigenvalue weighted by atomic mass is 35.5. The van der Waals surface area contributed by atoms with E-state index in [1.807, 2.05) is 48.1 Å². The van der Waals surface area contributed by atoms with Crippen LogP contribution < -0.4 is 4.74 Å². The minimum absolute atomic E-state index is 0. The summed E-state index contributed by atoms with van der Waals surface area (Å²) in [5, 5.41) is 10.3. The number of rotatable bonds is 4. The Bertz CT molecular complexity index is 1220. The Morgan fingerprint density at radius 1 is 0.933 bits per heavy atom. The molecule has 4 heterocycles. The average Bonchev–Trinajstić information content (AvgIpc) is 3.47. The van der Waals surface area contributed by atoms with Gasteiger partial charge in [-0.15, -0.1) is 48.6 Å². The molecule has 1 N–H and O–H groups in total. The molecular formula is C20H18Cl3N5OS. The lowest BCUT2D eigenvalue weighted by Gasteiger charge is -2.07. The standard InChI is InChI=1S/C20H15N5OS.3ClH/c1-26-15-5-2-13(3-6-15)19-16(10-23-24-19)14-4-7-18-22-11-17(25(18)12-14)20-21-8-9-27-20;;;/h2-12H,1H3,(H,23,24);3*1H. The summed E-state index contributed by atoms with van der Waals surface area (Å²) in [6.45, 7) is 0. The summed E-state index contributed by atoms with van der Waals surface area (Å²) in [5.41, 5.74) is 5.97. The molecule has 5 rings (SSSR count). The third kappa shape index (κ3) is 4.15. The number of aromatic nitrogens is 5. The van der Waals surface area contributed by atoms with Crippen molar-refractivity contribution in [3.05, 3.63) is 66.6 Å². The first kappa shape index (κ1) is 23.7. The number of pyridine rings is 1. The van der Waals surface area contributed by atoms with Gasteiger partial charge < -0.3 is 4.74 Å². The maximum Gasteiger partial charge on any atom is 0.141 e. The number of hydrogen-bond acceptors (Lipinski definition) is 5. The molecule has 156 valence electrons. The van der Waals surface area contributed by atoms with E-state index in [2.05, 4.69) is 36.8 Å². The van der Waals surface area contributed by atoms with Gasteiger partial charge in [-0.1, -0.05) is 0 Å². The van der Waals surface area contributed by atoms with Crippen LogP contribution in [0.2, 0.25) is 0 Å². The number of benzene rings is 1. The molecule has 30 heavy (non-hydrogen) atoms. The fourth-order valence-corrected chi connectivity index (χ4v) is 3.77. The third-order valence-corrected chi connectivity index (χ3v) is 5.28. The molecule has 0 unspecified atom stereocenters. The van der Waals surface area contributed by atoms with Gasteiger partial charge in [0.2, 0.25) is 0 Å². The van der Waals surface area contributed by atoms with E-state index in [9.17, 15) is 0 Å². The summed E-state index contributed by atoms with van der Waals surface area (Å²) >= 11 is 1.60. The van der Waals surface area contributed by atoms with Crippen molar-refractivity contribution in [2.75, 3.05) is 7.11 Å². The molecule has 0 aliphatic rings. The molecule has 0 aliphatic heterocycles. The minimum atomic E-state index is 0. The number of imidazole rings is 1. The van der Waals surface area contributed by atoms with E-state index >= 15 is 0 Å². The molecule has 6 nitrogen and oxygen atoms in total. The van der Waals surface area contributed by atoms with Crippen LogP contribution in [-0.4, -0.2) is 31.7 Å². The van der Waals surface area contributed by atoms with Crippen molar-refractivity contribution in [3.63, 3.8) is 0 Å². The normalized spacial score (nSPS) is 10.0. The predicted molar refractivity (Wildman–Crippen MR) is 128 cm³/mol. The van der Waals surface area contributed by atoms with E-state index in [1.165, 1.54) is 0 Å². The lowest BCUT2D eigenvalue weighted by Crippen LogP contribution is -1.90. The number of nitrogens with one attached hydrogen (secondary N) is 1. The summed E-state index contributed by atoms with van der Waals surface area (Å²) in [5.74, 6) is 0.827. The number of halogens is 3. The van der Waals surface area contributed by atoms with Crippen molar-refractivity contribution in [2.24, 2.45) is 0 Å². The first-order valence-corrected chi connectivity index (χ1v) is 9.26. The Kier molecular flexibility index (Phi) is 7.86. The van der Waals surface area contributed by atoms with E-state index in [0.29, 0.717) is 0 Å². The molecule has 0 spiro atoms. The maximum absolute atomic E-state index is 5.25. The van der Waals surface area contributed by atoms with Crippen molar-refractivity contribution in [1.82, 2.24) is 24.6 Å². The second kappa shape index (κ2) is 9.95. The highest BCUT2D eigenvalue weighted by molar-refractivity contribution is 7.13. The molecule has 0 bridgehead atoms. The highest BCUT2D eigenvalue weighted by Gasteiger charge is 2.13. The van der Waals surface area contributed by atoms with Gasteiger partial charge in [0.25, 0.3) is 0 Å². The van der Waals surface area contributed by atoms with Crippen LogP contribution in [0.1, 0.15) is 0 Å². The lowest BCUT2D eigenvalue weighted by atomic mass is 10.0. The Morgan fingerprint density at radius 2 is 1.70 bits per heavy atom. The first-order valence-electron chi connectivity index (χ1n) is 8.38. The van der Waals surface area contributed by atoms with Gasteiger partial charge >= 0.3 is 0 Å². The zero-order valence-corrected chi connectivity index (χ0v) is 18.9. The van der Waals surface area contributed by atoms with Crippen LogP contribution in [0.25, 0.3) is 38.7 Å². The zero-order chi connectivity index (χ0) is 18.2. The first-order chi connectivity index (χ1) is 13.3. The monoisotopic (exact) mass is 481 g/mol. The molecule has 0 fully saturated rings. The van der Waals surface area contributed by atoms with Crippen molar-refractivity contribution in [3.8, 4) is 38.8 Å². The number of H-pyrrole nitrogens is 1. The summed E-state index contributed by atoms with van der Waals surface area (Å²) < 4.78 is 7.32. The summed E-state index contributed by atoms with van der Waals surface area (Å²) in [6.07, 6.45) is 7.59. The van der Waals surface area contributed by atoms with Crippen molar-refractivity contribution < 1.29 is 4.74 Å². The maximum atomic E-state index is 5.25. The van der Waals surface area contributed by atoms with Gasteiger partial charge in [0.1, 0.15) is 22.1 Å². The number of aromatic amines is 1. The molecule has 1 aromatic carbocycles. The molecule has 0 radical (unpaired) electrons. The van der Waals surface area contributed by atoms with Crippen LogP contribution in [0.4, 0.5) is 0 Å². The summed E-state index contributed by atoms with van der Waals surface area (Å²) in [6, 6.07) is 12.0. The Morgan fingerprint density at radius 3 is 2.40 bits per heavy atom. The van der Waals surface area contributed by atoms with E-state index in [1.54, 1.807) is 24.6 Å². The van der Waals surface area contributed by atoms with E-state index in [4.69, 9.17) is 4.74 Å². The van der Waals surface area contributed by atoms with E-state index < -0.39 is 0 Å². The Hall–Kier alpha value is -2.58. The van der Waals surface area contributed by atoms with Crippen LogP contribution >= 0.6 is 48.6 Å². The van der Waals surface area contributed by atoms with Crippen LogP contribution in [0.15, 0.2) is 66.6 Å². The van der Waals surface area contributed by atoms with Crippen LogP contribution in [-0.2, 0) is 0 Å². The van der Waals surface area contributed by atoms with E-state index in [-0.39, 0.29) is 37.2 Å². The molecule has 0 amide bonds. The second-order valence-corrected chi connectivity index (χ2v) is 6.91. The van der Waals surface area contributed by atoms with Crippen molar-refractivity contribution >= 4 is 54.2 Å². The quantitative estimate of drug-likeness (QED) is 0.352. The molecule has 5 aromatic rings. The molecule has 0 atom stereocenters. The Labute approximate surface area is 195 Å². The topological polar surface area (TPSA) is 68.1 Å². The molecule has 0 aliphatic carbocycles. The lowest BCUT2D eigenvalue weighted by molar-refractivity contribution is 0.415. The number of thiazole rings is 1. The average molecular weight is 483 g/mol. The fourth-order valence-electron chi connectivity index (χ4n) is 3.13. The van der Waals surface area contributed by atoms with Gasteiger partial charge in [-0.25, -0.2) is 9.97 Å². The molecule has 4 aromatic heterocycles. The third-order valence-electron chi connectivity index (χ3n) is 4.49. The largest absolute Gasteiger partial charge is 0.497 e. The number of fused-ring (bicyclic) bond motifs is 1. The number of methoxy groups -OCH3 is 1. The van der Waals surface area contributed by atoms with Crippen LogP contribution in [0.3, 0.4) is 0 Å². The molecule has 0 saturated carbocycles. The molecular weight excluding hydrogens is 465 g/mol. The van der Waals surface area contributed by atoms with Gasteiger partial charge in [0.05, 0.1) is 25.2 Å². The van der Waals surface area contributed by atoms with Crippen LogP contribution in [0, 0.1) is 0 Å². The van der Waals surface area contributed by atoms with Gasteiger partial charge in [-0.3, -0.25) is 9.50 Å². The number of ether oxygens (including phenoxy) is 1. The van der Waals surface area contributed by atoms with Gasteiger partial charge in [-0.2, -0.15) is 5.10 Å². The molecule has 10 heteroatoms. The molecule has 0 saturated heterocycles. The summed E-state index contributed by atoms with van der Waals surface area (Å²) in [4.78, 5) is 8.90. The van der Waals surface area contributed by atoms with E-state index in [0.717, 1.165) is 44.5 Å². The van der Waals surface area contributed by atoms with Crippen molar-refractivity contribution in [2.45, 2.75) is 0 Å². The minimum Gasteiger partial charge on any atom is -0.497 e. The Balaban J connectivity index is 0.00000107. The summed E-state index contributed by atoms with van der Waals surface area (Å²) in [7, 11) is 1.66. The van der Waals surface area contributed by atoms with Gasteiger partial charge in [-0.05, 0) is 36.4 Å². The zero-order valence-electron chi connectivity index (χ0n) is 15.7. The smallest absolute Gasteiger partial charge is 0.141 e.